The SMILES string of the molecule is COCCC(C)NC(=O)[C@H](N)Cc1ccc(O)cc1. The second-order valence-corrected chi connectivity index (χ2v) is 4.67. The fourth-order valence-corrected chi connectivity index (χ4v) is 1.70. The molecule has 0 spiro atoms. The number of amides is 1. The van der Waals surface area contributed by atoms with E-state index in [1.807, 2.05) is 6.92 Å². The Labute approximate surface area is 113 Å². The lowest BCUT2D eigenvalue weighted by atomic mass is 10.1. The summed E-state index contributed by atoms with van der Waals surface area (Å²) in [5, 5.41) is 12.0. The standard InChI is InChI=1S/C14H22N2O3/c1-10(7-8-19-2)16-14(18)13(15)9-11-3-5-12(17)6-4-11/h3-6,10,13,17H,7-9,15H2,1-2H3,(H,16,18)/t10?,13-/m1/s1. The maximum absolute atomic E-state index is 11.9. The van der Waals surface area contributed by atoms with Crippen molar-refractivity contribution in [1.29, 1.82) is 0 Å². The highest BCUT2D eigenvalue weighted by Crippen LogP contribution is 2.10. The Balaban J connectivity index is 2.42. The zero-order valence-electron chi connectivity index (χ0n) is 11.4. The van der Waals surface area contributed by atoms with Crippen molar-refractivity contribution < 1.29 is 14.6 Å². The summed E-state index contributed by atoms with van der Waals surface area (Å²) in [7, 11) is 1.63. The van der Waals surface area contributed by atoms with Crippen molar-refractivity contribution in [2.75, 3.05) is 13.7 Å². The summed E-state index contributed by atoms with van der Waals surface area (Å²) >= 11 is 0. The van der Waals surface area contributed by atoms with Crippen LogP contribution in [0.4, 0.5) is 0 Å². The molecule has 0 saturated heterocycles. The Morgan fingerprint density at radius 1 is 1.42 bits per heavy atom. The van der Waals surface area contributed by atoms with Crippen molar-refractivity contribution in [3.8, 4) is 5.75 Å². The van der Waals surface area contributed by atoms with E-state index in [9.17, 15) is 9.90 Å². The molecule has 1 unspecified atom stereocenters. The highest BCUT2D eigenvalue weighted by Gasteiger charge is 2.16. The number of phenolic OH excluding ortho intramolecular Hbond substituents is 1. The van der Waals surface area contributed by atoms with Crippen LogP contribution < -0.4 is 11.1 Å². The van der Waals surface area contributed by atoms with Crippen molar-refractivity contribution in [3.05, 3.63) is 29.8 Å². The van der Waals surface area contributed by atoms with Gasteiger partial charge in [0.2, 0.25) is 5.91 Å². The van der Waals surface area contributed by atoms with Crippen LogP contribution in [-0.2, 0) is 16.0 Å². The quantitative estimate of drug-likeness (QED) is 0.681. The van der Waals surface area contributed by atoms with Crippen molar-refractivity contribution >= 4 is 5.91 Å². The summed E-state index contributed by atoms with van der Waals surface area (Å²) < 4.78 is 4.96. The van der Waals surface area contributed by atoms with E-state index in [1.165, 1.54) is 0 Å². The van der Waals surface area contributed by atoms with Crippen LogP contribution in [0.1, 0.15) is 18.9 Å². The molecule has 1 aromatic carbocycles. The normalized spacial score (nSPS) is 13.8. The van der Waals surface area contributed by atoms with Gasteiger partial charge in [0.1, 0.15) is 5.75 Å². The van der Waals surface area contributed by atoms with Gasteiger partial charge in [-0.1, -0.05) is 12.1 Å². The van der Waals surface area contributed by atoms with E-state index < -0.39 is 6.04 Å². The first-order valence-corrected chi connectivity index (χ1v) is 6.35. The molecule has 1 amide bonds. The molecule has 0 radical (unpaired) electrons. The van der Waals surface area contributed by atoms with Gasteiger partial charge in [0, 0.05) is 19.8 Å². The molecule has 4 N–H and O–H groups in total. The third-order valence-electron chi connectivity index (χ3n) is 2.87. The lowest BCUT2D eigenvalue weighted by Gasteiger charge is -2.17. The molecule has 0 aliphatic heterocycles. The van der Waals surface area contributed by atoms with E-state index in [-0.39, 0.29) is 17.7 Å². The molecule has 0 fully saturated rings. The van der Waals surface area contributed by atoms with Crippen molar-refractivity contribution in [2.24, 2.45) is 5.73 Å². The number of phenols is 1. The number of nitrogens with two attached hydrogens (primary N) is 1. The second-order valence-electron chi connectivity index (χ2n) is 4.67. The molecule has 5 nitrogen and oxygen atoms in total. The highest BCUT2D eigenvalue weighted by atomic mass is 16.5. The van der Waals surface area contributed by atoms with Gasteiger partial charge in [0.15, 0.2) is 0 Å². The van der Waals surface area contributed by atoms with Crippen LogP contribution in [-0.4, -0.2) is 36.8 Å². The summed E-state index contributed by atoms with van der Waals surface area (Å²) in [5.41, 5.74) is 6.78. The monoisotopic (exact) mass is 266 g/mol. The molecule has 0 heterocycles. The Bertz CT molecular complexity index is 392. The van der Waals surface area contributed by atoms with Gasteiger partial charge in [-0.25, -0.2) is 0 Å². The number of hydrogen-bond donors (Lipinski definition) is 3. The molecule has 19 heavy (non-hydrogen) atoms. The molecule has 0 aliphatic carbocycles. The molecule has 0 saturated carbocycles. The second kappa shape index (κ2) is 7.76. The maximum Gasteiger partial charge on any atom is 0.237 e. The number of nitrogens with one attached hydrogen (secondary N) is 1. The Morgan fingerprint density at radius 3 is 2.63 bits per heavy atom. The van der Waals surface area contributed by atoms with Gasteiger partial charge in [-0.3, -0.25) is 4.79 Å². The molecular formula is C14H22N2O3. The fraction of sp³-hybridized carbons (Fsp3) is 0.500. The van der Waals surface area contributed by atoms with E-state index in [4.69, 9.17) is 10.5 Å². The highest BCUT2D eigenvalue weighted by molar-refractivity contribution is 5.82. The van der Waals surface area contributed by atoms with Gasteiger partial charge in [0.25, 0.3) is 0 Å². The number of aromatic hydroxyl groups is 1. The van der Waals surface area contributed by atoms with Crippen molar-refractivity contribution in [2.45, 2.75) is 31.8 Å². The van der Waals surface area contributed by atoms with Crippen molar-refractivity contribution in [3.63, 3.8) is 0 Å². The summed E-state index contributed by atoms with van der Waals surface area (Å²) in [6, 6.07) is 6.14. The summed E-state index contributed by atoms with van der Waals surface area (Å²) in [6.45, 7) is 2.53. The number of ether oxygens (including phenoxy) is 1. The fourth-order valence-electron chi connectivity index (χ4n) is 1.70. The predicted molar refractivity (Wildman–Crippen MR) is 73.9 cm³/mol. The van der Waals surface area contributed by atoms with E-state index in [2.05, 4.69) is 5.32 Å². The predicted octanol–water partition coefficient (Wildman–Crippen LogP) is 0.803. The Kier molecular flexibility index (Phi) is 6.32. The summed E-state index contributed by atoms with van der Waals surface area (Å²) in [4.78, 5) is 11.9. The van der Waals surface area contributed by atoms with E-state index in [1.54, 1.807) is 31.4 Å². The first kappa shape index (κ1) is 15.5. The molecule has 5 heteroatoms. The molecule has 1 rings (SSSR count). The number of benzene rings is 1. The van der Waals surface area contributed by atoms with Gasteiger partial charge in [-0.2, -0.15) is 0 Å². The topological polar surface area (TPSA) is 84.6 Å². The first-order valence-electron chi connectivity index (χ1n) is 6.35. The molecule has 1 aromatic rings. The van der Waals surface area contributed by atoms with Gasteiger partial charge >= 0.3 is 0 Å². The van der Waals surface area contributed by atoms with Gasteiger partial charge < -0.3 is 20.9 Å². The smallest absolute Gasteiger partial charge is 0.237 e. The molecule has 0 aromatic heterocycles. The van der Waals surface area contributed by atoms with Gasteiger partial charge in [0.05, 0.1) is 6.04 Å². The van der Waals surface area contributed by atoms with Crippen LogP contribution in [0, 0.1) is 0 Å². The Hall–Kier alpha value is -1.59. The van der Waals surface area contributed by atoms with Crippen LogP contribution in [0.3, 0.4) is 0 Å². The van der Waals surface area contributed by atoms with Crippen LogP contribution in [0.15, 0.2) is 24.3 Å². The summed E-state index contributed by atoms with van der Waals surface area (Å²) in [6.07, 6.45) is 1.21. The first-order chi connectivity index (χ1) is 9.02. The minimum Gasteiger partial charge on any atom is -0.508 e. The third kappa shape index (κ3) is 5.72. The lowest BCUT2D eigenvalue weighted by Crippen LogP contribution is -2.45. The van der Waals surface area contributed by atoms with Crippen molar-refractivity contribution in [1.82, 2.24) is 5.32 Å². The molecule has 106 valence electrons. The van der Waals surface area contributed by atoms with E-state index in [0.29, 0.717) is 13.0 Å². The van der Waals surface area contributed by atoms with Gasteiger partial charge in [-0.05, 0) is 37.5 Å². The van der Waals surface area contributed by atoms with Gasteiger partial charge in [-0.15, -0.1) is 0 Å². The third-order valence-corrected chi connectivity index (χ3v) is 2.87. The number of carbonyl (C=O) groups excluding carboxylic acids is 1. The number of carbonyl (C=O) groups is 1. The zero-order chi connectivity index (χ0) is 14.3. The van der Waals surface area contributed by atoms with Crippen LogP contribution in [0.2, 0.25) is 0 Å². The Morgan fingerprint density at radius 2 is 2.05 bits per heavy atom. The van der Waals surface area contributed by atoms with Crippen LogP contribution in [0.5, 0.6) is 5.75 Å². The molecule has 0 aliphatic rings. The number of hydrogen-bond acceptors (Lipinski definition) is 4. The average Bonchev–Trinajstić information content (AvgIpc) is 2.39. The molecule has 0 bridgehead atoms. The van der Waals surface area contributed by atoms with E-state index in [0.717, 1.165) is 12.0 Å². The minimum atomic E-state index is -0.588. The molecule has 2 atom stereocenters. The number of rotatable bonds is 7. The van der Waals surface area contributed by atoms with Crippen LogP contribution >= 0.6 is 0 Å². The maximum atomic E-state index is 11.9. The number of methoxy groups -OCH3 is 1. The van der Waals surface area contributed by atoms with Crippen LogP contribution in [0.25, 0.3) is 0 Å². The molecular weight excluding hydrogens is 244 g/mol. The minimum absolute atomic E-state index is 0.0401. The average molecular weight is 266 g/mol. The summed E-state index contributed by atoms with van der Waals surface area (Å²) in [5.74, 6) is 0.0339. The zero-order valence-corrected chi connectivity index (χ0v) is 11.4. The lowest BCUT2D eigenvalue weighted by molar-refractivity contribution is -0.123. The van der Waals surface area contributed by atoms with E-state index >= 15 is 0 Å². The largest absolute Gasteiger partial charge is 0.508 e.